The number of aromatic amines is 1. The Morgan fingerprint density at radius 2 is 2.35 bits per heavy atom. The molecule has 20 heavy (non-hydrogen) atoms. The third-order valence-corrected chi connectivity index (χ3v) is 4.45. The molecule has 1 heterocycles. The summed E-state index contributed by atoms with van der Waals surface area (Å²) in [5.74, 6) is 0.00129. The first kappa shape index (κ1) is 13.6. The van der Waals surface area contributed by atoms with Gasteiger partial charge in [-0.1, -0.05) is 17.7 Å². The summed E-state index contributed by atoms with van der Waals surface area (Å²) in [4.78, 5) is 12.3. The second-order valence-corrected chi connectivity index (χ2v) is 6.10. The Balaban J connectivity index is 1.71. The molecular weight excluding hydrogens is 342 g/mol. The fourth-order valence-electron chi connectivity index (χ4n) is 2.49. The highest BCUT2D eigenvalue weighted by Gasteiger charge is 2.27. The molecule has 0 spiro atoms. The first-order valence-electron chi connectivity index (χ1n) is 6.41. The number of rotatable bonds is 2. The minimum absolute atomic E-state index is 0.0321. The molecule has 0 fully saturated rings. The lowest BCUT2D eigenvalue weighted by atomic mass is 9.87. The van der Waals surface area contributed by atoms with E-state index in [0.717, 1.165) is 34.4 Å². The second-order valence-electron chi connectivity index (χ2n) is 4.91. The van der Waals surface area contributed by atoms with Crippen molar-refractivity contribution in [2.24, 2.45) is 5.92 Å². The number of H-pyrrole nitrogens is 1. The maximum absolute atomic E-state index is 12.3. The summed E-state index contributed by atoms with van der Waals surface area (Å²) in [6.07, 6.45) is 2.38. The number of nitrogens with one attached hydrogen (secondary N) is 2. The number of anilines is 1. The van der Waals surface area contributed by atoms with Gasteiger partial charge in [-0.15, -0.1) is 0 Å². The summed E-state index contributed by atoms with van der Waals surface area (Å²) in [5, 5.41) is 10.7. The quantitative estimate of drug-likeness (QED) is 0.866. The van der Waals surface area contributed by atoms with Gasteiger partial charge in [0.2, 0.25) is 5.91 Å². The van der Waals surface area contributed by atoms with Crippen LogP contribution in [0.1, 0.15) is 17.7 Å². The number of fused-ring (bicyclic) bond motifs is 1. The van der Waals surface area contributed by atoms with Gasteiger partial charge in [-0.05, 0) is 53.4 Å². The normalized spacial score (nSPS) is 17.6. The average molecular weight is 355 g/mol. The number of hydrogen-bond donors (Lipinski definition) is 2. The molecule has 4 nitrogen and oxygen atoms in total. The van der Waals surface area contributed by atoms with Crippen molar-refractivity contribution in [3.05, 3.63) is 45.1 Å². The summed E-state index contributed by atoms with van der Waals surface area (Å²) in [6.45, 7) is 0. The van der Waals surface area contributed by atoms with E-state index in [2.05, 4.69) is 31.4 Å². The van der Waals surface area contributed by atoms with Crippen LogP contribution in [0, 0.1) is 5.92 Å². The van der Waals surface area contributed by atoms with Crippen LogP contribution >= 0.6 is 27.5 Å². The van der Waals surface area contributed by atoms with Gasteiger partial charge in [-0.3, -0.25) is 9.89 Å². The van der Waals surface area contributed by atoms with Gasteiger partial charge in [-0.2, -0.15) is 5.10 Å². The molecule has 1 aromatic carbocycles. The zero-order chi connectivity index (χ0) is 14.1. The van der Waals surface area contributed by atoms with Crippen LogP contribution in [0.3, 0.4) is 0 Å². The van der Waals surface area contributed by atoms with Crippen molar-refractivity contribution in [2.45, 2.75) is 19.3 Å². The van der Waals surface area contributed by atoms with Gasteiger partial charge in [0.15, 0.2) is 0 Å². The number of benzene rings is 1. The van der Waals surface area contributed by atoms with Gasteiger partial charge in [0, 0.05) is 27.9 Å². The van der Waals surface area contributed by atoms with Crippen LogP contribution in [0.25, 0.3) is 0 Å². The molecule has 1 amide bonds. The van der Waals surface area contributed by atoms with Crippen LogP contribution in [-0.2, 0) is 17.6 Å². The van der Waals surface area contributed by atoms with Gasteiger partial charge in [0.25, 0.3) is 0 Å². The number of halogens is 2. The van der Waals surface area contributed by atoms with Crippen molar-refractivity contribution in [3.63, 3.8) is 0 Å². The monoisotopic (exact) mass is 353 g/mol. The van der Waals surface area contributed by atoms with Gasteiger partial charge in [0.05, 0.1) is 0 Å². The minimum atomic E-state index is -0.0321. The molecule has 2 N–H and O–H groups in total. The van der Waals surface area contributed by atoms with E-state index in [1.165, 1.54) is 0 Å². The highest BCUT2D eigenvalue weighted by Crippen LogP contribution is 2.30. The maximum atomic E-state index is 12.3. The van der Waals surface area contributed by atoms with Crippen molar-refractivity contribution in [1.82, 2.24) is 10.2 Å². The highest BCUT2D eigenvalue weighted by molar-refractivity contribution is 9.10. The predicted octanol–water partition coefficient (Wildman–Crippen LogP) is 3.57. The standard InChI is InChI=1S/C14H13BrClN3O/c15-13-11-6-8(4-5-12(11)18-19-13)14(20)17-10-3-1-2-9(16)7-10/h1-3,7-8H,4-6H2,(H,17,20)(H,18,19). The zero-order valence-electron chi connectivity index (χ0n) is 10.6. The lowest BCUT2D eigenvalue weighted by Crippen LogP contribution is -2.28. The van der Waals surface area contributed by atoms with Gasteiger partial charge >= 0.3 is 0 Å². The molecule has 1 aliphatic rings. The molecule has 1 aliphatic carbocycles. The van der Waals surface area contributed by atoms with Gasteiger partial charge in [-0.25, -0.2) is 0 Å². The van der Waals surface area contributed by atoms with E-state index in [1.54, 1.807) is 12.1 Å². The van der Waals surface area contributed by atoms with Crippen LogP contribution < -0.4 is 5.32 Å². The third-order valence-electron chi connectivity index (χ3n) is 3.56. The summed E-state index contributed by atoms with van der Waals surface area (Å²) < 4.78 is 0.813. The molecule has 1 unspecified atom stereocenters. The third kappa shape index (κ3) is 2.74. The first-order valence-corrected chi connectivity index (χ1v) is 7.58. The summed E-state index contributed by atoms with van der Waals surface area (Å²) >= 11 is 9.33. The first-order chi connectivity index (χ1) is 9.63. The number of aryl methyl sites for hydroxylation is 1. The number of nitrogens with zero attached hydrogens (tertiary/aromatic N) is 1. The topological polar surface area (TPSA) is 57.8 Å². The van der Waals surface area contributed by atoms with Crippen molar-refractivity contribution >= 4 is 39.1 Å². The van der Waals surface area contributed by atoms with Crippen LogP contribution in [0.5, 0.6) is 0 Å². The zero-order valence-corrected chi connectivity index (χ0v) is 13.0. The Labute approximate surface area is 130 Å². The molecule has 0 radical (unpaired) electrons. The minimum Gasteiger partial charge on any atom is -0.326 e. The van der Waals surface area contributed by atoms with Crippen molar-refractivity contribution < 1.29 is 4.79 Å². The van der Waals surface area contributed by atoms with Crippen molar-refractivity contribution in [2.75, 3.05) is 5.32 Å². The Morgan fingerprint density at radius 3 is 3.15 bits per heavy atom. The van der Waals surface area contributed by atoms with E-state index in [1.807, 2.05) is 12.1 Å². The second kappa shape index (κ2) is 5.58. The van der Waals surface area contributed by atoms with Crippen molar-refractivity contribution in [3.8, 4) is 0 Å². The number of hydrogen-bond acceptors (Lipinski definition) is 2. The lowest BCUT2D eigenvalue weighted by molar-refractivity contribution is -0.120. The lowest BCUT2D eigenvalue weighted by Gasteiger charge is -2.21. The molecule has 0 aliphatic heterocycles. The molecule has 0 bridgehead atoms. The maximum Gasteiger partial charge on any atom is 0.227 e. The molecule has 104 valence electrons. The Bertz CT molecular complexity index is 656. The highest BCUT2D eigenvalue weighted by atomic mass is 79.9. The molecule has 6 heteroatoms. The molecule has 0 saturated carbocycles. The van der Waals surface area contributed by atoms with Crippen LogP contribution in [0.2, 0.25) is 5.02 Å². The van der Waals surface area contributed by atoms with E-state index in [-0.39, 0.29) is 11.8 Å². The fourth-order valence-corrected chi connectivity index (χ4v) is 3.17. The van der Waals surface area contributed by atoms with Gasteiger partial charge < -0.3 is 5.32 Å². The summed E-state index contributed by atoms with van der Waals surface area (Å²) in [6, 6.07) is 7.20. The van der Waals surface area contributed by atoms with E-state index in [0.29, 0.717) is 11.4 Å². The number of carbonyl (C=O) groups is 1. The molecule has 0 saturated heterocycles. The SMILES string of the molecule is O=C(Nc1cccc(Cl)c1)C1CCc2[nH]nc(Br)c2C1. The average Bonchev–Trinajstić information content (AvgIpc) is 2.80. The summed E-state index contributed by atoms with van der Waals surface area (Å²) in [7, 11) is 0. The van der Waals surface area contributed by atoms with E-state index in [4.69, 9.17) is 11.6 Å². The predicted molar refractivity (Wildman–Crippen MR) is 81.9 cm³/mol. The molecule has 1 aromatic heterocycles. The van der Waals surface area contributed by atoms with E-state index in [9.17, 15) is 4.79 Å². The van der Waals surface area contributed by atoms with Crippen LogP contribution in [0.15, 0.2) is 28.9 Å². The molecule has 1 atom stereocenters. The largest absolute Gasteiger partial charge is 0.326 e. The fraction of sp³-hybridized carbons (Fsp3) is 0.286. The van der Waals surface area contributed by atoms with Crippen molar-refractivity contribution in [1.29, 1.82) is 0 Å². The number of aromatic nitrogens is 2. The Hall–Kier alpha value is -1.33. The summed E-state index contributed by atoms with van der Waals surface area (Å²) in [5.41, 5.74) is 2.98. The van der Waals surface area contributed by atoms with Crippen LogP contribution in [0.4, 0.5) is 5.69 Å². The van der Waals surface area contributed by atoms with E-state index >= 15 is 0 Å². The number of carbonyl (C=O) groups excluding carboxylic acids is 1. The number of amides is 1. The Morgan fingerprint density at radius 1 is 1.50 bits per heavy atom. The molecular formula is C14H13BrClN3O. The van der Waals surface area contributed by atoms with Gasteiger partial charge in [0.1, 0.15) is 4.60 Å². The van der Waals surface area contributed by atoms with E-state index < -0.39 is 0 Å². The smallest absolute Gasteiger partial charge is 0.227 e. The Kier molecular flexibility index (Phi) is 3.81. The van der Waals surface area contributed by atoms with Crippen LogP contribution in [-0.4, -0.2) is 16.1 Å². The molecule has 2 aromatic rings. The molecule has 3 rings (SSSR count).